The van der Waals surface area contributed by atoms with Crippen LogP contribution >= 0.6 is 11.8 Å². The fourth-order valence-corrected chi connectivity index (χ4v) is 3.05. The van der Waals surface area contributed by atoms with Crippen molar-refractivity contribution in [3.63, 3.8) is 0 Å². The Kier molecular flexibility index (Phi) is 2.36. The maximum atomic E-state index is 3.55. The maximum Gasteiger partial charge on any atom is 0.0724 e. The molecule has 2 aromatic rings. The summed E-state index contributed by atoms with van der Waals surface area (Å²) in [6, 6.07) is 6.71. The van der Waals surface area contributed by atoms with Crippen molar-refractivity contribution in [3.05, 3.63) is 23.9 Å². The van der Waals surface area contributed by atoms with Crippen molar-refractivity contribution in [1.29, 1.82) is 0 Å². The lowest BCUT2D eigenvalue weighted by atomic mass is 10.1. The van der Waals surface area contributed by atoms with E-state index < -0.39 is 0 Å². The number of aromatic nitrogens is 1. The van der Waals surface area contributed by atoms with Gasteiger partial charge in [-0.1, -0.05) is 19.9 Å². The van der Waals surface area contributed by atoms with Crippen molar-refractivity contribution in [1.82, 2.24) is 4.98 Å². The molecule has 3 heteroatoms. The van der Waals surface area contributed by atoms with Gasteiger partial charge in [0.25, 0.3) is 0 Å². The highest BCUT2D eigenvalue weighted by Gasteiger charge is 2.14. The van der Waals surface area contributed by atoms with Crippen LogP contribution < -0.4 is 5.32 Å². The Morgan fingerprint density at radius 2 is 2.19 bits per heavy atom. The molecule has 0 radical (unpaired) electrons. The van der Waals surface area contributed by atoms with E-state index in [0.29, 0.717) is 5.92 Å². The average molecular weight is 232 g/mol. The van der Waals surface area contributed by atoms with Crippen LogP contribution in [-0.4, -0.2) is 17.3 Å². The van der Waals surface area contributed by atoms with E-state index in [1.165, 1.54) is 27.2 Å². The number of thioether (sulfide) groups is 1. The number of hydrogen-bond acceptors (Lipinski definition) is 2. The summed E-state index contributed by atoms with van der Waals surface area (Å²) in [6.07, 6.45) is 0. The summed E-state index contributed by atoms with van der Waals surface area (Å²) in [6.45, 7) is 5.51. The van der Waals surface area contributed by atoms with Crippen LogP contribution in [0.15, 0.2) is 23.1 Å². The van der Waals surface area contributed by atoms with Crippen LogP contribution in [0.25, 0.3) is 10.9 Å². The molecule has 0 fully saturated rings. The van der Waals surface area contributed by atoms with E-state index in [4.69, 9.17) is 0 Å². The maximum absolute atomic E-state index is 3.55. The molecule has 1 aromatic carbocycles. The molecule has 84 valence electrons. The largest absolute Gasteiger partial charge is 0.382 e. The van der Waals surface area contributed by atoms with Gasteiger partial charge in [0.1, 0.15) is 0 Å². The SMILES string of the molecule is CC(C)c1cc2ccc3c(c2[nH]1)NCCS3. The Bertz CT molecular complexity index is 528. The third-order valence-electron chi connectivity index (χ3n) is 3.06. The normalized spacial score (nSPS) is 15.2. The average Bonchev–Trinajstić information content (AvgIpc) is 2.73. The van der Waals surface area contributed by atoms with Crippen LogP contribution in [0.3, 0.4) is 0 Å². The second-order valence-electron chi connectivity index (χ2n) is 4.56. The Balaban J connectivity index is 2.22. The molecule has 0 saturated heterocycles. The third-order valence-corrected chi connectivity index (χ3v) is 4.12. The molecule has 2 heterocycles. The number of rotatable bonds is 1. The molecule has 0 atom stereocenters. The number of nitrogens with one attached hydrogen (secondary N) is 2. The van der Waals surface area contributed by atoms with Gasteiger partial charge in [-0.2, -0.15) is 0 Å². The summed E-state index contributed by atoms with van der Waals surface area (Å²) in [5.74, 6) is 1.72. The quantitative estimate of drug-likeness (QED) is 0.782. The third kappa shape index (κ3) is 1.50. The Labute approximate surface area is 99.8 Å². The second kappa shape index (κ2) is 3.74. The van der Waals surface area contributed by atoms with Crippen LogP contribution in [0.5, 0.6) is 0 Å². The van der Waals surface area contributed by atoms with Crippen molar-refractivity contribution in [2.75, 3.05) is 17.6 Å². The Morgan fingerprint density at radius 3 is 3.00 bits per heavy atom. The predicted molar refractivity (Wildman–Crippen MR) is 71.6 cm³/mol. The first kappa shape index (κ1) is 10.1. The van der Waals surface area contributed by atoms with Gasteiger partial charge in [-0.3, -0.25) is 0 Å². The van der Waals surface area contributed by atoms with Crippen molar-refractivity contribution in [2.45, 2.75) is 24.7 Å². The molecule has 1 aliphatic heterocycles. The molecule has 1 aromatic heterocycles. The van der Waals surface area contributed by atoms with E-state index in [2.05, 4.69) is 42.3 Å². The van der Waals surface area contributed by atoms with Gasteiger partial charge in [0.15, 0.2) is 0 Å². The summed E-state index contributed by atoms with van der Waals surface area (Å²) in [7, 11) is 0. The van der Waals surface area contributed by atoms with Gasteiger partial charge < -0.3 is 10.3 Å². The first-order valence-corrected chi connectivity index (χ1v) is 6.76. The zero-order chi connectivity index (χ0) is 11.1. The first-order chi connectivity index (χ1) is 7.75. The summed E-state index contributed by atoms with van der Waals surface area (Å²) in [5.41, 5.74) is 3.88. The smallest absolute Gasteiger partial charge is 0.0724 e. The van der Waals surface area contributed by atoms with E-state index in [1.807, 2.05) is 11.8 Å². The number of H-pyrrole nitrogens is 1. The van der Waals surface area contributed by atoms with E-state index in [-0.39, 0.29) is 0 Å². The molecule has 0 aliphatic carbocycles. The van der Waals surface area contributed by atoms with E-state index in [1.54, 1.807) is 0 Å². The Hall–Kier alpha value is -1.09. The Morgan fingerprint density at radius 1 is 1.31 bits per heavy atom. The van der Waals surface area contributed by atoms with E-state index in [0.717, 1.165) is 12.3 Å². The standard InChI is InChI=1S/C13H16N2S/c1-8(2)10-7-9-3-4-11-13(12(9)15-10)14-5-6-16-11/h3-4,7-8,14-15H,5-6H2,1-2H3. The number of hydrogen-bond donors (Lipinski definition) is 2. The summed E-state index contributed by atoms with van der Waals surface area (Å²) < 4.78 is 0. The van der Waals surface area contributed by atoms with Crippen molar-refractivity contribution in [2.24, 2.45) is 0 Å². The fourth-order valence-electron chi connectivity index (χ4n) is 2.15. The molecule has 2 nitrogen and oxygen atoms in total. The van der Waals surface area contributed by atoms with Crippen molar-refractivity contribution >= 4 is 28.4 Å². The van der Waals surface area contributed by atoms with Crippen molar-refractivity contribution < 1.29 is 0 Å². The first-order valence-electron chi connectivity index (χ1n) is 5.78. The van der Waals surface area contributed by atoms with Crippen LogP contribution in [0.1, 0.15) is 25.5 Å². The zero-order valence-corrected chi connectivity index (χ0v) is 10.4. The van der Waals surface area contributed by atoms with Gasteiger partial charge in [-0.15, -0.1) is 11.8 Å². The monoisotopic (exact) mass is 232 g/mol. The summed E-state index contributed by atoms with van der Waals surface area (Å²) in [4.78, 5) is 4.92. The zero-order valence-electron chi connectivity index (χ0n) is 9.63. The fraction of sp³-hybridized carbons (Fsp3) is 0.385. The minimum atomic E-state index is 0.555. The molecule has 3 rings (SSSR count). The molecule has 0 spiro atoms. The molecular formula is C13H16N2S. The van der Waals surface area contributed by atoms with E-state index in [9.17, 15) is 0 Å². The van der Waals surface area contributed by atoms with Gasteiger partial charge in [-0.25, -0.2) is 0 Å². The molecule has 0 bridgehead atoms. The van der Waals surface area contributed by atoms with Crippen LogP contribution in [0, 0.1) is 0 Å². The molecule has 0 saturated carbocycles. The lowest BCUT2D eigenvalue weighted by Gasteiger charge is -2.17. The number of aromatic amines is 1. The topological polar surface area (TPSA) is 27.8 Å². The number of benzene rings is 1. The van der Waals surface area contributed by atoms with Crippen molar-refractivity contribution in [3.8, 4) is 0 Å². The highest BCUT2D eigenvalue weighted by molar-refractivity contribution is 7.99. The molecule has 2 N–H and O–H groups in total. The minimum absolute atomic E-state index is 0.555. The van der Waals surface area contributed by atoms with Gasteiger partial charge in [0, 0.05) is 28.3 Å². The number of fused-ring (bicyclic) bond motifs is 3. The minimum Gasteiger partial charge on any atom is -0.382 e. The second-order valence-corrected chi connectivity index (χ2v) is 5.69. The highest BCUT2D eigenvalue weighted by atomic mass is 32.2. The molecule has 0 amide bonds. The molecule has 16 heavy (non-hydrogen) atoms. The lowest BCUT2D eigenvalue weighted by Crippen LogP contribution is -2.10. The van der Waals surface area contributed by atoms with Gasteiger partial charge in [-0.05, 0) is 18.1 Å². The van der Waals surface area contributed by atoms with E-state index >= 15 is 0 Å². The molecular weight excluding hydrogens is 216 g/mol. The molecule has 0 unspecified atom stereocenters. The lowest BCUT2D eigenvalue weighted by molar-refractivity contribution is 0.836. The number of anilines is 1. The van der Waals surface area contributed by atoms with Gasteiger partial charge >= 0.3 is 0 Å². The highest BCUT2D eigenvalue weighted by Crippen LogP contribution is 2.37. The summed E-state index contributed by atoms with van der Waals surface area (Å²) in [5, 5.41) is 4.82. The van der Waals surface area contributed by atoms with Crippen LogP contribution in [0.4, 0.5) is 5.69 Å². The summed E-state index contributed by atoms with van der Waals surface area (Å²) >= 11 is 1.94. The van der Waals surface area contributed by atoms with Crippen LogP contribution in [0.2, 0.25) is 0 Å². The van der Waals surface area contributed by atoms with Gasteiger partial charge in [0.2, 0.25) is 0 Å². The van der Waals surface area contributed by atoms with Crippen LogP contribution in [-0.2, 0) is 0 Å². The predicted octanol–water partition coefficient (Wildman–Crippen LogP) is 3.81. The molecule has 1 aliphatic rings. The van der Waals surface area contributed by atoms with Gasteiger partial charge in [0.05, 0.1) is 11.2 Å².